The van der Waals surface area contributed by atoms with E-state index < -0.39 is 44.1 Å². The Balaban J connectivity index is 1.84. The van der Waals surface area contributed by atoms with Crippen LogP contribution in [0.2, 0.25) is 0 Å². The lowest BCUT2D eigenvalue weighted by atomic mass is 10.0. The van der Waals surface area contributed by atoms with Crippen molar-refractivity contribution in [3.63, 3.8) is 0 Å². The molecule has 0 aliphatic carbocycles. The van der Waals surface area contributed by atoms with Crippen LogP contribution in [0.4, 0.5) is 39.5 Å². The predicted molar refractivity (Wildman–Crippen MR) is 150 cm³/mol. The van der Waals surface area contributed by atoms with Crippen LogP contribution in [0.1, 0.15) is 38.3 Å². The van der Waals surface area contributed by atoms with Crippen molar-refractivity contribution in [2.24, 2.45) is 0 Å². The molecule has 2 aromatic rings. The zero-order valence-electron chi connectivity index (χ0n) is 23.6. The van der Waals surface area contributed by atoms with Gasteiger partial charge in [-0.1, -0.05) is 35.5 Å². The first-order valence-electron chi connectivity index (χ1n) is 13.2. The first-order valence-corrected chi connectivity index (χ1v) is 17.7. The lowest BCUT2D eigenvalue weighted by molar-refractivity contribution is -0.396. The van der Waals surface area contributed by atoms with Crippen molar-refractivity contribution in [1.29, 1.82) is 0 Å². The fourth-order valence-electron chi connectivity index (χ4n) is 3.54. The van der Waals surface area contributed by atoms with Crippen LogP contribution in [-0.4, -0.2) is 63.2 Å². The van der Waals surface area contributed by atoms with E-state index in [1.165, 1.54) is 24.3 Å². The first-order chi connectivity index (χ1) is 20.0. The van der Waals surface area contributed by atoms with E-state index in [2.05, 4.69) is 0 Å². The van der Waals surface area contributed by atoms with Gasteiger partial charge in [0.05, 0.1) is 0 Å². The van der Waals surface area contributed by atoms with Gasteiger partial charge in [0, 0.05) is 36.9 Å². The van der Waals surface area contributed by atoms with Crippen LogP contribution >= 0.6 is 23.0 Å². The zero-order chi connectivity index (χ0) is 32.4. The van der Waals surface area contributed by atoms with Crippen molar-refractivity contribution < 1.29 is 57.5 Å². The molecule has 0 aliphatic heterocycles. The van der Waals surface area contributed by atoms with E-state index in [9.17, 15) is 39.5 Å². The maximum atomic E-state index is 13.7. The quantitative estimate of drug-likeness (QED) is 0.0836. The number of benzene rings is 2. The van der Waals surface area contributed by atoms with E-state index in [0.29, 0.717) is 42.2 Å². The average Bonchev–Trinajstić information content (AvgIpc) is 2.93. The predicted octanol–water partition coefficient (Wildman–Crippen LogP) is 9.04. The Hall–Kier alpha value is -1.59. The minimum atomic E-state index is -6.88. The Morgan fingerprint density at radius 3 is 1.65 bits per heavy atom. The lowest BCUT2D eigenvalue weighted by Gasteiger charge is -2.33. The zero-order valence-corrected chi connectivity index (χ0v) is 26.3. The molecule has 0 heterocycles. The van der Waals surface area contributed by atoms with Crippen LogP contribution in [0.25, 0.3) is 0 Å². The van der Waals surface area contributed by atoms with Crippen LogP contribution in [0.15, 0.2) is 53.4 Å². The van der Waals surface area contributed by atoms with Crippen LogP contribution in [0.5, 0.6) is 5.75 Å². The van der Waals surface area contributed by atoms with Crippen LogP contribution in [0.3, 0.4) is 0 Å². The highest BCUT2D eigenvalue weighted by Crippen LogP contribution is 2.54. The molecule has 0 radical (unpaired) electrons. The van der Waals surface area contributed by atoms with Gasteiger partial charge in [-0.05, 0) is 68.3 Å². The molecular weight excluding hydrogens is 651 g/mol. The number of ether oxygens (including phenoxy) is 1. The molecule has 0 aliphatic rings. The third kappa shape index (κ3) is 10.2. The van der Waals surface area contributed by atoms with E-state index in [0.717, 1.165) is 23.3 Å². The lowest BCUT2D eigenvalue weighted by Crippen LogP contribution is -2.60. The summed E-state index contributed by atoms with van der Waals surface area (Å²) in [7, 11) is -2.78. The van der Waals surface area contributed by atoms with Crippen molar-refractivity contribution in [3.05, 3.63) is 59.7 Å². The van der Waals surface area contributed by atoms with Gasteiger partial charge in [0.1, 0.15) is 12.4 Å². The van der Waals surface area contributed by atoms with E-state index in [1.54, 1.807) is 11.2 Å². The van der Waals surface area contributed by atoms with Crippen molar-refractivity contribution in [3.8, 4) is 5.75 Å². The monoisotopic (exact) mass is 684 g/mol. The Morgan fingerprint density at radius 2 is 1.16 bits per heavy atom. The molecule has 2 rings (SSSR count). The summed E-state index contributed by atoms with van der Waals surface area (Å²) in [6, 6.07) is 13.6. The number of hydrogen-bond acceptors (Lipinski definition) is 6. The third-order valence-corrected chi connectivity index (χ3v) is 12.2. The maximum Gasteiger partial charge on any atom is 0.573 e. The Labute approximate surface area is 254 Å². The van der Waals surface area contributed by atoms with Gasteiger partial charge in [0.2, 0.25) is 0 Å². The summed E-state index contributed by atoms with van der Waals surface area (Å²) in [5, 5.41) is 0. The molecule has 244 valence electrons. The van der Waals surface area contributed by atoms with Crippen molar-refractivity contribution in [1.82, 2.24) is 0 Å². The largest absolute Gasteiger partial charge is 0.573 e. The van der Waals surface area contributed by atoms with Gasteiger partial charge in [-0.2, -0.15) is 39.5 Å². The number of aryl methyl sites for hydroxylation is 1. The van der Waals surface area contributed by atoms with Gasteiger partial charge in [0.25, 0.3) is 0 Å². The summed E-state index contributed by atoms with van der Waals surface area (Å²) >= 11 is 2.17. The third-order valence-electron chi connectivity index (χ3n) is 5.78. The van der Waals surface area contributed by atoms with Gasteiger partial charge < -0.3 is 18.0 Å². The van der Waals surface area contributed by atoms with E-state index in [-0.39, 0.29) is 6.61 Å². The van der Waals surface area contributed by atoms with Gasteiger partial charge in [-0.25, -0.2) is 0 Å². The molecule has 0 unspecified atom stereocenters. The molecule has 0 bridgehead atoms. The molecule has 0 spiro atoms. The number of alkyl halides is 9. The molecule has 2 aromatic carbocycles. The number of rotatable bonds is 19. The van der Waals surface area contributed by atoms with Crippen LogP contribution in [-0.2, 0) is 26.3 Å². The standard InChI is InChI=1S/C27H33F9O4S2Si/c1-4-38-43(39-5-2,40-6-3)42-17-15-20-7-9-21(10-8-20)19-37-22-11-13-23(14-12-22)41-18-16-24(28,29)25(30,31)26(32,33)27(34,35)36/h7-14H,4-6,15-19H2,1-3H3. The van der Waals surface area contributed by atoms with Crippen LogP contribution in [0, 0.1) is 0 Å². The Kier molecular flexibility index (Phi) is 14.1. The van der Waals surface area contributed by atoms with Gasteiger partial charge in [0.15, 0.2) is 0 Å². The Bertz CT molecular complexity index is 1090. The highest BCUT2D eigenvalue weighted by atomic mass is 32.4. The summed E-state index contributed by atoms with van der Waals surface area (Å²) in [4.78, 5) is 0.307. The fraction of sp³-hybridized carbons (Fsp3) is 0.556. The summed E-state index contributed by atoms with van der Waals surface area (Å²) in [5.74, 6) is -18.7. The molecule has 4 nitrogen and oxygen atoms in total. The summed E-state index contributed by atoms with van der Waals surface area (Å²) in [6.45, 7) is 7.38. The second-order valence-electron chi connectivity index (χ2n) is 8.92. The molecule has 0 fully saturated rings. The molecule has 43 heavy (non-hydrogen) atoms. The SMILES string of the molecule is CCO[Si](OCC)(OCC)SCCc1ccc(COc2ccc(SCCC(F)(F)C(F)(F)C(F)(F)C(F)(F)F)cc2)cc1. The first kappa shape index (κ1) is 37.6. The Morgan fingerprint density at radius 1 is 0.651 bits per heavy atom. The van der Waals surface area contributed by atoms with Gasteiger partial charge >= 0.3 is 31.9 Å². The van der Waals surface area contributed by atoms with E-state index >= 15 is 0 Å². The normalized spacial score (nSPS) is 13.4. The molecular formula is C27H33F9O4S2Si. The molecule has 0 amide bonds. The van der Waals surface area contributed by atoms with E-state index in [4.69, 9.17) is 18.0 Å². The highest BCUT2D eigenvalue weighted by molar-refractivity contribution is 8.26. The summed E-state index contributed by atoms with van der Waals surface area (Å²) in [6.07, 6.45) is -7.95. The van der Waals surface area contributed by atoms with Gasteiger partial charge in [-0.15, -0.1) is 11.8 Å². The number of hydrogen-bond donors (Lipinski definition) is 0. The van der Waals surface area contributed by atoms with Crippen LogP contribution < -0.4 is 4.74 Å². The minimum absolute atomic E-state index is 0.214. The smallest absolute Gasteiger partial charge is 0.489 e. The number of thioether (sulfide) groups is 1. The van der Waals surface area contributed by atoms with Gasteiger partial charge in [-0.3, -0.25) is 0 Å². The van der Waals surface area contributed by atoms with Crippen molar-refractivity contribution in [2.45, 2.75) is 69.1 Å². The topological polar surface area (TPSA) is 36.9 Å². The summed E-state index contributed by atoms with van der Waals surface area (Å²) < 4.78 is 140. The fourth-order valence-corrected chi connectivity index (χ4v) is 9.47. The average molecular weight is 685 g/mol. The molecule has 0 atom stereocenters. The molecule has 0 saturated carbocycles. The van der Waals surface area contributed by atoms with Crippen molar-refractivity contribution in [2.75, 3.05) is 31.3 Å². The highest BCUT2D eigenvalue weighted by Gasteiger charge is 2.81. The molecule has 16 heteroatoms. The minimum Gasteiger partial charge on any atom is -0.489 e. The molecule has 0 saturated heterocycles. The molecule has 0 aromatic heterocycles. The van der Waals surface area contributed by atoms with E-state index in [1.807, 2.05) is 45.0 Å². The number of halogens is 9. The summed E-state index contributed by atoms with van der Waals surface area (Å²) in [5.41, 5.74) is 1.96. The second kappa shape index (κ2) is 16.1. The molecule has 0 N–H and O–H groups in total. The maximum absolute atomic E-state index is 13.7. The second-order valence-corrected chi connectivity index (χ2v) is 15.0. The van der Waals surface area contributed by atoms with Crippen molar-refractivity contribution >= 4 is 30.9 Å².